The van der Waals surface area contributed by atoms with Crippen molar-refractivity contribution in [1.82, 2.24) is 14.7 Å². The summed E-state index contributed by atoms with van der Waals surface area (Å²) in [6.45, 7) is 13.1. The number of aromatic nitrogens is 2. The van der Waals surface area contributed by atoms with Gasteiger partial charge in [-0.05, 0) is 53.7 Å². The molecule has 0 aliphatic carbocycles. The minimum absolute atomic E-state index is 0.159. The minimum atomic E-state index is -0.677. The molecule has 0 radical (unpaired) electrons. The van der Waals surface area contributed by atoms with Crippen LogP contribution in [0.2, 0.25) is 5.02 Å². The van der Waals surface area contributed by atoms with E-state index in [1.165, 1.54) is 0 Å². The first-order valence-electron chi connectivity index (χ1n) is 10.2. The summed E-state index contributed by atoms with van der Waals surface area (Å²) in [7, 11) is 0. The standard InChI is InChI=1S/C21H30ClN5O4/c1-20(2,3)30-18(28)26-9-7-25(8-10-26)13-11-14(22)16-15(12-13)27(24-17(16)23)19(29)31-21(4,5)6/h11-12H,7-10H2,1-6H3,(H2,23,24). The first-order valence-corrected chi connectivity index (χ1v) is 10.6. The van der Waals surface area contributed by atoms with Gasteiger partial charge in [-0.15, -0.1) is 5.10 Å². The quantitative estimate of drug-likeness (QED) is 0.695. The van der Waals surface area contributed by atoms with Crippen LogP contribution in [0, 0.1) is 0 Å². The summed E-state index contributed by atoms with van der Waals surface area (Å²) in [5.41, 5.74) is 6.09. The Bertz CT molecular complexity index is 998. The van der Waals surface area contributed by atoms with Gasteiger partial charge >= 0.3 is 12.2 Å². The molecule has 2 aromatic rings. The van der Waals surface area contributed by atoms with E-state index in [2.05, 4.69) is 10.00 Å². The summed E-state index contributed by atoms with van der Waals surface area (Å²) in [6.07, 6.45) is -0.950. The van der Waals surface area contributed by atoms with E-state index in [-0.39, 0.29) is 11.9 Å². The summed E-state index contributed by atoms with van der Waals surface area (Å²) < 4.78 is 12.0. The number of halogens is 1. The van der Waals surface area contributed by atoms with E-state index in [9.17, 15) is 9.59 Å². The van der Waals surface area contributed by atoms with E-state index >= 15 is 0 Å². The summed E-state index contributed by atoms with van der Waals surface area (Å²) in [5.74, 6) is 0.159. The zero-order valence-corrected chi connectivity index (χ0v) is 19.6. The van der Waals surface area contributed by atoms with Crippen molar-refractivity contribution in [3.8, 4) is 0 Å². The molecular formula is C21H30ClN5O4. The summed E-state index contributed by atoms with van der Waals surface area (Å²) in [4.78, 5) is 28.7. The van der Waals surface area contributed by atoms with E-state index in [1.807, 2.05) is 26.8 Å². The predicted molar refractivity (Wildman–Crippen MR) is 121 cm³/mol. The number of carbonyl (C=O) groups excluding carboxylic acids is 2. The van der Waals surface area contributed by atoms with E-state index < -0.39 is 17.3 Å². The molecule has 1 amide bonds. The van der Waals surface area contributed by atoms with Gasteiger partial charge in [0.1, 0.15) is 11.2 Å². The molecule has 3 rings (SSSR count). The maximum absolute atomic E-state index is 12.6. The normalized spacial score (nSPS) is 15.3. The monoisotopic (exact) mass is 451 g/mol. The van der Waals surface area contributed by atoms with Crippen LogP contribution in [0.15, 0.2) is 12.1 Å². The highest BCUT2D eigenvalue weighted by atomic mass is 35.5. The van der Waals surface area contributed by atoms with Gasteiger partial charge in [0.25, 0.3) is 0 Å². The number of nitrogen functional groups attached to an aromatic ring is 1. The number of anilines is 2. The number of nitrogens with two attached hydrogens (primary N) is 1. The molecule has 0 unspecified atom stereocenters. The molecule has 1 saturated heterocycles. The van der Waals surface area contributed by atoms with Gasteiger partial charge in [-0.1, -0.05) is 11.6 Å². The first kappa shape index (κ1) is 23.0. The number of fused-ring (bicyclic) bond motifs is 1. The molecule has 31 heavy (non-hydrogen) atoms. The summed E-state index contributed by atoms with van der Waals surface area (Å²) >= 11 is 6.49. The Kier molecular flexibility index (Phi) is 6.01. The molecule has 1 aromatic carbocycles. The first-order chi connectivity index (χ1) is 14.2. The van der Waals surface area contributed by atoms with Crippen molar-refractivity contribution in [2.75, 3.05) is 36.8 Å². The lowest BCUT2D eigenvalue weighted by Crippen LogP contribution is -2.50. The van der Waals surface area contributed by atoms with Crippen LogP contribution in [0.1, 0.15) is 41.5 Å². The third-order valence-corrected chi connectivity index (χ3v) is 4.91. The Morgan fingerprint density at radius 2 is 1.52 bits per heavy atom. The van der Waals surface area contributed by atoms with Crippen molar-refractivity contribution >= 4 is 46.2 Å². The van der Waals surface area contributed by atoms with Gasteiger partial charge in [0.2, 0.25) is 0 Å². The Labute approximate surface area is 187 Å². The number of piperazine rings is 1. The second-order valence-electron chi connectivity index (χ2n) is 9.55. The van der Waals surface area contributed by atoms with Crippen molar-refractivity contribution in [1.29, 1.82) is 0 Å². The topological polar surface area (TPSA) is 103 Å². The molecule has 0 saturated carbocycles. The van der Waals surface area contributed by atoms with Crippen LogP contribution >= 0.6 is 11.6 Å². The van der Waals surface area contributed by atoms with Crippen molar-refractivity contribution in [3.05, 3.63) is 17.2 Å². The largest absolute Gasteiger partial charge is 0.444 e. The van der Waals surface area contributed by atoms with Crippen molar-refractivity contribution in [2.24, 2.45) is 0 Å². The molecule has 10 heteroatoms. The van der Waals surface area contributed by atoms with Crippen LogP contribution in [0.5, 0.6) is 0 Å². The van der Waals surface area contributed by atoms with Gasteiger partial charge in [0, 0.05) is 31.9 Å². The number of rotatable bonds is 1. The van der Waals surface area contributed by atoms with Gasteiger partial charge in [-0.3, -0.25) is 0 Å². The van der Waals surface area contributed by atoms with Crippen molar-refractivity contribution in [3.63, 3.8) is 0 Å². The number of hydrogen-bond donors (Lipinski definition) is 1. The van der Waals surface area contributed by atoms with Gasteiger partial charge in [0.05, 0.1) is 15.9 Å². The minimum Gasteiger partial charge on any atom is -0.444 e. The van der Waals surface area contributed by atoms with Gasteiger partial charge in [-0.25, -0.2) is 9.59 Å². The maximum Gasteiger partial charge on any atom is 0.435 e. The lowest BCUT2D eigenvalue weighted by molar-refractivity contribution is 0.0240. The smallest absolute Gasteiger partial charge is 0.435 e. The average molecular weight is 452 g/mol. The number of amides is 1. The number of nitrogens with zero attached hydrogens (tertiary/aromatic N) is 4. The molecule has 1 aromatic heterocycles. The number of ether oxygens (including phenoxy) is 2. The zero-order valence-electron chi connectivity index (χ0n) is 18.9. The highest BCUT2D eigenvalue weighted by molar-refractivity contribution is 6.37. The molecule has 1 aliphatic rings. The SMILES string of the molecule is CC(C)(C)OC(=O)N1CCN(c2cc(Cl)c3c(N)nn(C(=O)OC(C)(C)C)c3c2)CC1. The highest BCUT2D eigenvalue weighted by Crippen LogP contribution is 2.34. The molecule has 0 atom stereocenters. The summed E-state index contributed by atoms with van der Waals surface area (Å²) in [6, 6.07) is 3.61. The Morgan fingerprint density at radius 1 is 0.968 bits per heavy atom. The molecule has 170 valence electrons. The molecule has 2 N–H and O–H groups in total. The van der Waals surface area contributed by atoms with Crippen LogP contribution in [0.4, 0.5) is 21.1 Å². The number of hydrogen-bond acceptors (Lipinski definition) is 7. The van der Waals surface area contributed by atoms with E-state index in [0.29, 0.717) is 42.1 Å². The van der Waals surface area contributed by atoms with Crippen LogP contribution in [-0.4, -0.2) is 64.2 Å². The van der Waals surface area contributed by atoms with Crippen LogP contribution in [0.3, 0.4) is 0 Å². The van der Waals surface area contributed by atoms with E-state index in [1.54, 1.807) is 31.7 Å². The predicted octanol–water partition coefficient (Wildman–Crippen LogP) is 4.11. The second-order valence-corrected chi connectivity index (χ2v) is 9.96. The lowest BCUT2D eigenvalue weighted by atomic mass is 10.2. The lowest BCUT2D eigenvalue weighted by Gasteiger charge is -2.36. The van der Waals surface area contributed by atoms with Gasteiger partial charge in [0.15, 0.2) is 5.82 Å². The molecule has 1 aliphatic heterocycles. The fourth-order valence-electron chi connectivity index (χ4n) is 3.31. The average Bonchev–Trinajstić information content (AvgIpc) is 2.96. The van der Waals surface area contributed by atoms with Crippen LogP contribution in [-0.2, 0) is 9.47 Å². The maximum atomic E-state index is 12.6. The molecule has 0 bridgehead atoms. The Morgan fingerprint density at radius 3 is 2.06 bits per heavy atom. The van der Waals surface area contributed by atoms with Gasteiger partial charge < -0.3 is 25.0 Å². The fourth-order valence-corrected chi connectivity index (χ4v) is 3.62. The second kappa shape index (κ2) is 8.11. The Balaban J connectivity index is 1.83. The third-order valence-electron chi connectivity index (χ3n) is 4.61. The molecule has 1 fully saturated rings. The van der Waals surface area contributed by atoms with E-state index in [0.717, 1.165) is 10.4 Å². The number of benzene rings is 1. The van der Waals surface area contributed by atoms with Crippen LogP contribution < -0.4 is 10.6 Å². The fraction of sp³-hybridized carbons (Fsp3) is 0.571. The van der Waals surface area contributed by atoms with Gasteiger partial charge in [-0.2, -0.15) is 4.68 Å². The number of carbonyl (C=O) groups is 2. The van der Waals surface area contributed by atoms with Crippen LogP contribution in [0.25, 0.3) is 10.9 Å². The van der Waals surface area contributed by atoms with E-state index in [4.69, 9.17) is 26.8 Å². The molecule has 2 heterocycles. The van der Waals surface area contributed by atoms with Crippen molar-refractivity contribution in [2.45, 2.75) is 52.7 Å². The molecule has 9 nitrogen and oxygen atoms in total. The third kappa shape index (κ3) is 5.33. The highest BCUT2D eigenvalue weighted by Gasteiger charge is 2.28. The zero-order chi connectivity index (χ0) is 23.1. The molecule has 0 spiro atoms. The van der Waals surface area contributed by atoms with Crippen molar-refractivity contribution < 1.29 is 19.1 Å². The summed E-state index contributed by atoms with van der Waals surface area (Å²) in [5, 5.41) is 5.04. The Hall–Kier alpha value is -2.68. The molecular weight excluding hydrogens is 422 g/mol.